The Balaban J connectivity index is 1.12. The number of nitrogens with one attached hydrogen (secondary N) is 1. The van der Waals surface area contributed by atoms with E-state index in [1.165, 1.54) is 11.1 Å². The van der Waals surface area contributed by atoms with Crippen LogP contribution in [0.2, 0.25) is 0 Å². The van der Waals surface area contributed by atoms with E-state index in [1.807, 2.05) is 52.0 Å². The van der Waals surface area contributed by atoms with Crippen LogP contribution in [0, 0.1) is 0 Å². The molecule has 3 saturated heterocycles. The second kappa shape index (κ2) is 11.4. The maximum Gasteiger partial charge on any atom is 0.323 e. The monoisotopic (exact) mass is 605 g/mol. The van der Waals surface area contributed by atoms with Crippen molar-refractivity contribution in [2.45, 2.75) is 89.5 Å². The summed E-state index contributed by atoms with van der Waals surface area (Å²) in [6.45, 7) is 9.61. The minimum Gasteiger partial charge on any atom is -0.497 e. The number of ether oxygens (including phenoxy) is 7. The minimum absolute atomic E-state index is 0.123. The summed E-state index contributed by atoms with van der Waals surface area (Å²) < 4.78 is 42.5. The van der Waals surface area contributed by atoms with E-state index in [2.05, 4.69) is 39.5 Å². The molecule has 1 aromatic heterocycles. The molecule has 12 heteroatoms. The van der Waals surface area contributed by atoms with Crippen LogP contribution in [0.4, 0.5) is 11.9 Å². The first-order chi connectivity index (χ1) is 21.1. The van der Waals surface area contributed by atoms with Crippen LogP contribution in [0.15, 0.2) is 48.5 Å². The van der Waals surface area contributed by atoms with Gasteiger partial charge in [0.2, 0.25) is 11.9 Å². The van der Waals surface area contributed by atoms with Crippen LogP contribution in [0.3, 0.4) is 0 Å². The van der Waals surface area contributed by atoms with Gasteiger partial charge in [-0.2, -0.15) is 15.0 Å². The van der Waals surface area contributed by atoms with E-state index < -0.39 is 36.2 Å². The third-order valence-electron chi connectivity index (χ3n) is 8.25. The maximum atomic E-state index is 6.33. The van der Waals surface area contributed by atoms with Gasteiger partial charge >= 0.3 is 6.01 Å². The molecular formula is C32H39N5O7. The molecule has 2 aromatic carbocycles. The van der Waals surface area contributed by atoms with Gasteiger partial charge in [0, 0.05) is 19.6 Å². The number of fused-ring (bicyclic) bond motifs is 4. The molecule has 5 atom stereocenters. The lowest BCUT2D eigenvalue weighted by molar-refractivity contribution is -0.238. The van der Waals surface area contributed by atoms with Crippen LogP contribution in [-0.2, 0) is 43.2 Å². The van der Waals surface area contributed by atoms with Gasteiger partial charge in [-0.3, -0.25) is 0 Å². The van der Waals surface area contributed by atoms with Crippen LogP contribution < -0.4 is 19.7 Å². The van der Waals surface area contributed by atoms with Gasteiger partial charge in [-0.05, 0) is 62.9 Å². The van der Waals surface area contributed by atoms with Gasteiger partial charge < -0.3 is 43.4 Å². The minimum atomic E-state index is -0.800. The smallest absolute Gasteiger partial charge is 0.323 e. The zero-order valence-corrected chi connectivity index (χ0v) is 25.7. The lowest BCUT2D eigenvalue weighted by Crippen LogP contribution is -2.56. The second-order valence-electron chi connectivity index (χ2n) is 12.4. The lowest BCUT2D eigenvalue weighted by atomic mass is 9.99. The van der Waals surface area contributed by atoms with Gasteiger partial charge in [-0.15, -0.1) is 0 Å². The van der Waals surface area contributed by atoms with E-state index in [9.17, 15) is 0 Å². The Morgan fingerprint density at radius 2 is 1.59 bits per heavy atom. The van der Waals surface area contributed by atoms with Crippen molar-refractivity contribution in [1.82, 2.24) is 15.0 Å². The first-order valence-electron chi connectivity index (χ1n) is 15.1. The summed E-state index contributed by atoms with van der Waals surface area (Å²) in [5, 5.41) is 3.34. The van der Waals surface area contributed by atoms with Crippen molar-refractivity contribution in [1.29, 1.82) is 0 Å². The van der Waals surface area contributed by atoms with Gasteiger partial charge in [0.15, 0.2) is 17.9 Å². The number of anilines is 2. The molecule has 0 spiro atoms. The summed E-state index contributed by atoms with van der Waals surface area (Å²) in [5.74, 6) is 0.157. The quantitative estimate of drug-likeness (QED) is 0.402. The molecule has 234 valence electrons. The third kappa shape index (κ3) is 6.04. The predicted octanol–water partition coefficient (Wildman–Crippen LogP) is 3.83. The largest absolute Gasteiger partial charge is 0.497 e. The summed E-state index contributed by atoms with van der Waals surface area (Å²) in [7, 11) is 1.65. The molecule has 3 aromatic rings. The molecule has 0 aliphatic carbocycles. The van der Waals surface area contributed by atoms with E-state index >= 15 is 0 Å². The highest BCUT2D eigenvalue weighted by Gasteiger charge is 2.60. The Hall–Kier alpha value is -3.55. The first kappa shape index (κ1) is 29.2. The molecule has 3 fully saturated rings. The Bertz CT molecular complexity index is 1490. The van der Waals surface area contributed by atoms with Crippen LogP contribution >= 0.6 is 0 Å². The highest BCUT2D eigenvalue weighted by Crippen LogP contribution is 2.44. The summed E-state index contributed by atoms with van der Waals surface area (Å²) in [6.07, 6.45) is -1.41. The fraction of sp³-hybridized carbons (Fsp3) is 0.531. The van der Waals surface area contributed by atoms with Crippen molar-refractivity contribution in [2.75, 3.05) is 30.5 Å². The number of hydrogen-bond donors (Lipinski definition) is 1. The molecule has 0 bridgehead atoms. The summed E-state index contributed by atoms with van der Waals surface area (Å²) in [6, 6.07) is 16.5. The number of aromatic nitrogens is 3. The van der Waals surface area contributed by atoms with Crippen molar-refractivity contribution in [3.05, 3.63) is 65.2 Å². The van der Waals surface area contributed by atoms with Crippen molar-refractivity contribution < 1.29 is 33.2 Å². The average Bonchev–Trinajstić information content (AvgIpc) is 3.52. The normalized spacial score (nSPS) is 28.1. The number of hydrogen-bond acceptors (Lipinski definition) is 12. The van der Waals surface area contributed by atoms with E-state index in [-0.39, 0.29) is 18.7 Å². The van der Waals surface area contributed by atoms with Gasteiger partial charge in [0.1, 0.15) is 36.8 Å². The van der Waals surface area contributed by atoms with Gasteiger partial charge in [0.25, 0.3) is 0 Å². The molecule has 4 aliphatic heterocycles. The van der Waals surface area contributed by atoms with E-state index in [0.717, 1.165) is 24.3 Å². The molecule has 44 heavy (non-hydrogen) atoms. The molecule has 0 unspecified atom stereocenters. The van der Waals surface area contributed by atoms with Crippen LogP contribution in [-0.4, -0.2) is 77.5 Å². The van der Waals surface area contributed by atoms with Crippen molar-refractivity contribution in [3.8, 4) is 11.8 Å². The Labute approximate surface area is 256 Å². The molecule has 12 nitrogen and oxygen atoms in total. The topological polar surface area (TPSA) is 119 Å². The fourth-order valence-corrected chi connectivity index (χ4v) is 6.21. The molecule has 5 heterocycles. The van der Waals surface area contributed by atoms with E-state index in [4.69, 9.17) is 43.1 Å². The van der Waals surface area contributed by atoms with Gasteiger partial charge in [0.05, 0.1) is 7.11 Å². The van der Waals surface area contributed by atoms with Crippen molar-refractivity contribution >= 4 is 11.9 Å². The molecule has 0 saturated carbocycles. The number of nitrogens with zero attached hydrogens (tertiary/aromatic N) is 4. The highest BCUT2D eigenvalue weighted by molar-refractivity contribution is 5.43. The fourth-order valence-electron chi connectivity index (χ4n) is 6.21. The van der Waals surface area contributed by atoms with E-state index in [0.29, 0.717) is 25.0 Å². The van der Waals surface area contributed by atoms with Crippen LogP contribution in [0.1, 0.15) is 44.4 Å². The lowest BCUT2D eigenvalue weighted by Gasteiger charge is -2.36. The number of rotatable bonds is 8. The molecule has 0 amide bonds. The van der Waals surface area contributed by atoms with Crippen molar-refractivity contribution in [2.24, 2.45) is 0 Å². The first-order valence-corrected chi connectivity index (χ1v) is 15.1. The highest BCUT2D eigenvalue weighted by atomic mass is 16.9. The Morgan fingerprint density at radius 1 is 0.864 bits per heavy atom. The Kier molecular flexibility index (Phi) is 7.58. The van der Waals surface area contributed by atoms with Crippen molar-refractivity contribution in [3.63, 3.8) is 0 Å². The van der Waals surface area contributed by atoms with Crippen LogP contribution in [0.25, 0.3) is 0 Å². The third-order valence-corrected chi connectivity index (χ3v) is 8.25. The zero-order chi connectivity index (χ0) is 30.5. The van der Waals surface area contributed by atoms with Crippen LogP contribution in [0.5, 0.6) is 11.8 Å². The zero-order valence-electron chi connectivity index (χ0n) is 25.7. The second-order valence-corrected chi connectivity index (χ2v) is 12.4. The number of benzene rings is 2. The molecule has 1 N–H and O–H groups in total. The van der Waals surface area contributed by atoms with Gasteiger partial charge in [-0.1, -0.05) is 36.4 Å². The average molecular weight is 606 g/mol. The summed E-state index contributed by atoms with van der Waals surface area (Å²) in [4.78, 5) is 16.3. The SMILES string of the molecule is COc1ccc(CNc2nc(OC[C@H]3O[C@@H]4OC(C)(C)O[C@@H]4[C@H]4OC(C)(C)O[C@H]43)nc(N3CCc4ccccc4C3)n2)cc1. The van der Waals surface area contributed by atoms with E-state index in [1.54, 1.807) is 7.11 Å². The summed E-state index contributed by atoms with van der Waals surface area (Å²) in [5.41, 5.74) is 3.66. The Morgan fingerprint density at radius 3 is 2.39 bits per heavy atom. The molecular weight excluding hydrogens is 566 g/mol. The number of methoxy groups -OCH3 is 1. The molecule has 4 aliphatic rings. The standard InChI is InChI=1S/C32H39N5O7/c1-31(2)41-24-23(40-27-26(25(24)42-31)43-32(3,4)44-27)18-39-30-35-28(33-16-19-10-12-22(38-5)13-11-19)34-29(36-30)37-15-14-20-8-6-7-9-21(20)17-37/h6-13,23-27H,14-18H2,1-5H3,(H,33,34,35,36)/t23-,24+,25+,26-,27-/m1/s1. The molecule has 0 radical (unpaired) electrons. The van der Waals surface area contributed by atoms with Gasteiger partial charge in [-0.25, -0.2) is 0 Å². The molecule has 7 rings (SSSR count). The predicted molar refractivity (Wildman–Crippen MR) is 159 cm³/mol. The summed E-state index contributed by atoms with van der Waals surface area (Å²) >= 11 is 0. The maximum absolute atomic E-state index is 6.33.